The van der Waals surface area contributed by atoms with Gasteiger partial charge in [0.1, 0.15) is 5.75 Å². The van der Waals surface area contributed by atoms with Crippen LogP contribution in [0.3, 0.4) is 0 Å². The highest BCUT2D eigenvalue weighted by molar-refractivity contribution is 7.99. The van der Waals surface area contributed by atoms with Crippen LogP contribution in [0.4, 0.5) is 0 Å². The van der Waals surface area contributed by atoms with Crippen molar-refractivity contribution in [3.63, 3.8) is 0 Å². The average molecular weight is 297 g/mol. The van der Waals surface area contributed by atoms with Gasteiger partial charge in [-0.3, -0.25) is 4.79 Å². The highest BCUT2D eigenvalue weighted by atomic mass is 32.2. The van der Waals surface area contributed by atoms with Gasteiger partial charge in [0.15, 0.2) is 0 Å². The minimum absolute atomic E-state index is 0.161. The SMILES string of the molecule is CNC(CSCCC(=O)OC)c1cc(C)ccc1OC. The molecule has 5 heteroatoms. The molecule has 0 saturated carbocycles. The Morgan fingerprint density at radius 2 is 2.15 bits per heavy atom. The van der Waals surface area contributed by atoms with Crippen molar-refractivity contribution in [3.8, 4) is 5.75 Å². The molecule has 4 nitrogen and oxygen atoms in total. The van der Waals surface area contributed by atoms with E-state index in [4.69, 9.17) is 4.74 Å². The molecular formula is C15H23NO3S. The van der Waals surface area contributed by atoms with E-state index in [0.717, 1.165) is 22.8 Å². The van der Waals surface area contributed by atoms with Crippen LogP contribution >= 0.6 is 11.8 Å². The van der Waals surface area contributed by atoms with Gasteiger partial charge in [-0.05, 0) is 20.0 Å². The molecule has 20 heavy (non-hydrogen) atoms. The number of thioether (sulfide) groups is 1. The zero-order valence-electron chi connectivity index (χ0n) is 12.6. The number of aryl methyl sites for hydroxylation is 1. The Bertz CT molecular complexity index is 437. The molecule has 1 N–H and O–H groups in total. The fraction of sp³-hybridized carbons (Fsp3) is 0.533. The molecule has 0 bridgehead atoms. The molecule has 1 unspecified atom stereocenters. The monoisotopic (exact) mass is 297 g/mol. The Hall–Kier alpha value is -1.20. The van der Waals surface area contributed by atoms with Crippen LogP contribution in [0.1, 0.15) is 23.6 Å². The molecule has 0 spiro atoms. The lowest BCUT2D eigenvalue weighted by molar-refractivity contribution is -0.140. The second-order valence-corrected chi connectivity index (χ2v) is 5.64. The van der Waals surface area contributed by atoms with E-state index in [0.29, 0.717) is 6.42 Å². The molecule has 112 valence electrons. The van der Waals surface area contributed by atoms with Gasteiger partial charge in [-0.2, -0.15) is 11.8 Å². The van der Waals surface area contributed by atoms with E-state index in [2.05, 4.69) is 23.0 Å². The van der Waals surface area contributed by atoms with Crippen LogP contribution in [0.15, 0.2) is 18.2 Å². The fourth-order valence-corrected chi connectivity index (χ4v) is 2.97. The van der Waals surface area contributed by atoms with Gasteiger partial charge in [0.25, 0.3) is 0 Å². The summed E-state index contributed by atoms with van der Waals surface area (Å²) in [5, 5.41) is 3.31. The lowest BCUT2D eigenvalue weighted by Crippen LogP contribution is -2.20. The van der Waals surface area contributed by atoms with E-state index in [-0.39, 0.29) is 12.0 Å². The number of carbonyl (C=O) groups is 1. The second-order valence-electron chi connectivity index (χ2n) is 4.49. The number of methoxy groups -OCH3 is 2. The van der Waals surface area contributed by atoms with Crippen molar-refractivity contribution in [3.05, 3.63) is 29.3 Å². The number of hydrogen-bond acceptors (Lipinski definition) is 5. The fourth-order valence-electron chi connectivity index (χ4n) is 1.91. The molecule has 1 aromatic rings. The van der Waals surface area contributed by atoms with Crippen LogP contribution in [0.25, 0.3) is 0 Å². The molecule has 0 aliphatic heterocycles. The summed E-state index contributed by atoms with van der Waals surface area (Å²) in [6.07, 6.45) is 0.447. The van der Waals surface area contributed by atoms with Crippen molar-refractivity contribution in [1.29, 1.82) is 0 Å². The number of hydrogen-bond donors (Lipinski definition) is 1. The van der Waals surface area contributed by atoms with Gasteiger partial charge in [0.05, 0.1) is 20.6 Å². The summed E-state index contributed by atoms with van der Waals surface area (Å²) in [5.41, 5.74) is 2.36. The van der Waals surface area contributed by atoms with Gasteiger partial charge in [0.2, 0.25) is 0 Å². The van der Waals surface area contributed by atoms with E-state index in [1.54, 1.807) is 18.9 Å². The topological polar surface area (TPSA) is 47.6 Å². The summed E-state index contributed by atoms with van der Waals surface area (Å²) in [6.45, 7) is 2.07. The Balaban J connectivity index is 2.62. The Morgan fingerprint density at radius 1 is 1.40 bits per heavy atom. The first-order valence-electron chi connectivity index (χ1n) is 6.58. The average Bonchev–Trinajstić information content (AvgIpc) is 2.47. The number of benzene rings is 1. The maximum absolute atomic E-state index is 11.1. The Kier molecular flexibility index (Phi) is 7.47. The van der Waals surface area contributed by atoms with Gasteiger partial charge in [-0.1, -0.05) is 17.7 Å². The van der Waals surface area contributed by atoms with Crippen molar-refractivity contribution in [2.24, 2.45) is 0 Å². The van der Waals surface area contributed by atoms with Crippen LogP contribution in [0.5, 0.6) is 5.75 Å². The number of esters is 1. The van der Waals surface area contributed by atoms with Gasteiger partial charge < -0.3 is 14.8 Å². The van der Waals surface area contributed by atoms with E-state index >= 15 is 0 Å². The van der Waals surface area contributed by atoms with Crippen LogP contribution in [0, 0.1) is 6.92 Å². The zero-order valence-corrected chi connectivity index (χ0v) is 13.4. The van der Waals surface area contributed by atoms with Crippen molar-refractivity contribution >= 4 is 17.7 Å². The molecule has 0 aliphatic rings. The molecule has 0 radical (unpaired) electrons. The molecule has 0 amide bonds. The molecule has 1 atom stereocenters. The predicted octanol–water partition coefficient (Wildman–Crippen LogP) is 2.56. The van der Waals surface area contributed by atoms with Gasteiger partial charge in [0, 0.05) is 23.1 Å². The summed E-state index contributed by atoms with van der Waals surface area (Å²) in [7, 11) is 5.04. The smallest absolute Gasteiger partial charge is 0.306 e. The molecule has 1 rings (SSSR count). The van der Waals surface area contributed by atoms with Gasteiger partial charge >= 0.3 is 5.97 Å². The van der Waals surface area contributed by atoms with Crippen LogP contribution in [-0.4, -0.2) is 38.7 Å². The molecule has 0 heterocycles. The molecule has 0 fully saturated rings. The largest absolute Gasteiger partial charge is 0.496 e. The lowest BCUT2D eigenvalue weighted by Gasteiger charge is -2.19. The third-order valence-corrected chi connectivity index (χ3v) is 4.13. The predicted molar refractivity (Wildman–Crippen MR) is 83.5 cm³/mol. The quantitative estimate of drug-likeness (QED) is 0.590. The Morgan fingerprint density at radius 3 is 2.75 bits per heavy atom. The van der Waals surface area contributed by atoms with Crippen LogP contribution in [0.2, 0.25) is 0 Å². The van der Waals surface area contributed by atoms with Crippen molar-refractivity contribution in [2.45, 2.75) is 19.4 Å². The van der Waals surface area contributed by atoms with Crippen LogP contribution in [-0.2, 0) is 9.53 Å². The van der Waals surface area contributed by atoms with E-state index < -0.39 is 0 Å². The Labute approximate surface area is 125 Å². The normalized spacial score (nSPS) is 12.0. The second kappa shape index (κ2) is 8.87. The van der Waals surface area contributed by atoms with Gasteiger partial charge in [-0.25, -0.2) is 0 Å². The third kappa shape index (κ3) is 5.06. The number of carbonyl (C=O) groups excluding carboxylic acids is 1. The number of ether oxygens (including phenoxy) is 2. The van der Waals surface area contributed by atoms with E-state index in [9.17, 15) is 4.79 Å². The first-order chi connectivity index (χ1) is 9.62. The summed E-state index contributed by atoms with van der Waals surface area (Å²) in [4.78, 5) is 11.1. The standard InChI is InChI=1S/C15H23NO3S/c1-11-5-6-14(18-3)12(9-11)13(16-2)10-20-8-7-15(17)19-4/h5-6,9,13,16H,7-8,10H2,1-4H3. The summed E-state index contributed by atoms with van der Waals surface area (Å²) < 4.78 is 10.1. The minimum atomic E-state index is -0.161. The molecular weight excluding hydrogens is 274 g/mol. The maximum atomic E-state index is 11.1. The highest BCUT2D eigenvalue weighted by Crippen LogP contribution is 2.28. The molecule has 0 saturated heterocycles. The summed E-state index contributed by atoms with van der Waals surface area (Å²) >= 11 is 1.73. The van der Waals surface area contributed by atoms with Crippen LogP contribution < -0.4 is 10.1 Å². The minimum Gasteiger partial charge on any atom is -0.496 e. The first-order valence-corrected chi connectivity index (χ1v) is 7.74. The maximum Gasteiger partial charge on any atom is 0.306 e. The first kappa shape index (κ1) is 16.9. The summed E-state index contributed by atoms with van der Waals surface area (Å²) in [6, 6.07) is 6.38. The number of rotatable bonds is 8. The van der Waals surface area contributed by atoms with Crippen molar-refractivity contribution < 1.29 is 14.3 Å². The van der Waals surface area contributed by atoms with E-state index in [1.807, 2.05) is 19.2 Å². The zero-order chi connectivity index (χ0) is 15.0. The highest BCUT2D eigenvalue weighted by Gasteiger charge is 2.15. The van der Waals surface area contributed by atoms with Crippen molar-refractivity contribution in [1.82, 2.24) is 5.32 Å². The molecule has 1 aromatic carbocycles. The third-order valence-electron chi connectivity index (χ3n) is 3.07. The molecule has 0 aliphatic carbocycles. The van der Waals surface area contributed by atoms with Gasteiger partial charge in [-0.15, -0.1) is 0 Å². The number of nitrogens with one attached hydrogen (secondary N) is 1. The molecule has 0 aromatic heterocycles. The van der Waals surface area contributed by atoms with E-state index in [1.165, 1.54) is 12.7 Å². The van der Waals surface area contributed by atoms with Crippen molar-refractivity contribution in [2.75, 3.05) is 32.8 Å². The summed E-state index contributed by atoms with van der Waals surface area (Å²) in [5.74, 6) is 2.38. The lowest BCUT2D eigenvalue weighted by atomic mass is 10.0.